The van der Waals surface area contributed by atoms with E-state index in [1.165, 1.54) is 12.8 Å². The van der Waals surface area contributed by atoms with Crippen molar-refractivity contribution >= 4 is 0 Å². The number of ether oxygens (including phenoxy) is 2. The Bertz CT molecular complexity index is 292. The smallest absolute Gasteiger partial charge is 0.170 e. The van der Waals surface area contributed by atoms with Gasteiger partial charge in [0.1, 0.15) is 0 Å². The lowest BCUT2D eigenvalue weighted by Crippen LogP contribution is -2.58. The van der Waals surface area contributed by atoms with Crippen molar-refractivity contribution in [3.63, 3.8) is 0 Å². The van der Waals surface area contributed by atoms with Crippen LogP contribution in [-0.2, 0) is 9.47 Å². The molecule has 3 atom stereocenters. The SMILES string of the molecule is CCCC(C)N(C)C1CC2(CCC1NCC)OCCO2. The molecule has 2 aliphatic rings. The van der Waals surface area contributed by atoms with Gasteiger partial charge >= 0.3 is 0 Å². The van der Waals surface area contributed by atoms with Crippen molar-refractivity contribution in [3.8, 4) is 0 Å². The molecule has 20 heavy (non-hydrogen) atoms. The third-order valence-electron chi connectivity index (χ3n) is 5.03. The summed E-state index contributed by atoms with van der Waals surface area (Å²) >= 11 is 0. The van der Waals surface area contributed by atoms with Crippen LogP contribution in [0.15, 0.2) is 0 Å². The molecule has 1 saturated heterocycles. The molecular formula is C16H32N2O2. The predicted octanol–water partition coefficient (Wildman–Crippen LogP) is 2.38. The van der Waals surface area contributed by atoms with E-state index in [9.17, 15) is 0 Å². The van der Waals surface area contributed by atoms with Gasteiger partial charge in [-0.05, 0) is 33.4 Å². The van der Waals surface area contributed by atoms with E-state index in [1.54, 1.807) is 0 Å². The van der Waals surface area contributed by atoms with Crippen molar-refractivity contribution in [1.82, 2.24) is 10.2 Å². The molecule has 0 amide bonds. The highest BCUT2D eigenvalue weighted by atomic mass is 16.7. The first-order valence-electron chi connectivity index (χ1n) is 8.35. The van der Waals surface area contributed by atoms with Crippen molar-refractivity contribution in [3.05, 3.63) is 0 Å². The van der Waals surface area contributed by atoms with E-state index in [0.29, 0.717) is 18.1 Å². The van der Waals surface area contributed by atoms with Gasteiger partial charge in [-0.1, -0.05) is 20.3 Å². The quantitative estimate of drug-likeness (QED) is 0.812. The Morgan fingerprint density at radius 3 is 2.60 bits per heavy atom. The van der Waals surface area contributed by atoms with Gasteiger partial charge in [0.2, 0.25) is 0 Å². The number of hydrogen-bond donors (Lipinski definition) is 1. The van der Waals surface area contributed by atoms with Crippen molar-refractivity contribution in [2.75, 3.05) is 26.8 Å². The van der Waals surface area contributed by atoms with Crippen LogP contribution in [0.2, 0.25) is 0 Å². The molecule has 1 saturated carbocycles. The summed E-state index contributed by atoms with van der Waals surface area (Å²) in [6.07, 6.45) is 5.65. The topological polar surface area (TPSA) is 33.7 Å². The maximum atomic E-state index is 5.95. The van der Waals surface area contributed by atoms with E-state index < -0.39 is 0 Å². The van der Waals surface area contributed by atoms with E-state index in [4.69, 9.17) is 9.47 Å². The van der Waals surface area contributed by atoms with Gasteiger partial charge in [-0.15, -0.1) is 0 Å². The minimum atomic E-state index is -0.295. The number of likely N-dealkylation sites (N-methyl/N-ethyl adjacent to an activating group) is 2. The van der Waals surface area contributed by atoms with Crippen LogP contribution in [0, 0.1) is 0 Å². The molecule has 0 bridgehead atoms. The molecule has 0 aromatic heterocycles. The van der Waals surface area contributed by atoms with Crippen molar-refractivity contribution in [1.29, 1.82) is 0 Å². The molecule has 3 unspecified atom stereocenters. The molecule has 0 aromatic carbocycles. The fraction of sp³-hybridized carbons (Fsp3) is 1.00. The van der Waals surface area contributed by atoms with Crippen LogP contribution in [0.5, 0.6) is 0 Å². The molecule has 0 radical (unpaired) electrons. The van der Waals surface area contributed by atoms with Crippen molar-refractivity contribution < 1.29 is 9.47 Å². The summed E-state index contributed by atoms with van der Waals surface area (Å²) in [6, 6.07) is 1.67. The minimum Gasteiger partial charge on any atom is -0.347 e. The average Bonchev–Trinajstić information content (AvgIpc) is 2.89. The summed E-state index contributed by atoms with van der Waals surface area (Å²) in [4.78, 5) is 2.54. The van der Waals surface area contributed by atoms with Gasteiger partial charge < -0.3 is 14.8 Å². The zero-order valence-electron chi connectivity index (χ0n) is 13.7. The molecule has 2 rings (SSSR count). The van der Waals surface area contributed by atoms with E-state index in [0.717, 1.165) is 39.0 Å². The van der Waals surface area contributed by atoms with E-state index >= 15 is 0 Å². The van der Waals surface area contributed by atoms with Crippen LogP contribution in [0.1, 0.15) is 52.9 Å². The van der Waals surface area contributed by atoms with Gasteiger partial charge in [-0.2, -0.15) is 0 Å². The zero-order valence-corrected chi connectivity index (χ0v) is 13.7. The highest BCUT2D eigenvalue weighted by Crippen LogP contribution is 2.38. The molecular weight excluding hydrogens is 252 g/mol. The third-order valence-corrected chi connectivity index (χ3v) is 5.03. The minimum absolute atomic E-state index is 0.295. The lowest BCUT2D eigenvalue weighted by atomic mass is 9.84. The zero-order chi connectivity index (χ0) is 14.6. The second kappa shape index (κ2) is 7.21. The summed E-state index contributed by atoms with van der Waals surface area (Å²) in [5.74, 6) is -0.295. The van der Waals surface area contributed by atoms with Crippen LogP contribution < -0.4 is 5.32 Å². The number of nitrogens with one attached hydrogen (secondary N) is 1. The molecule has 118 valence electrons. The number of nitrogens with zero attached hydrogens (tertiary/aromatic N) is 1. The maximum Gasteiger partial charge on any atom is 0.170 e. The maximum absolute atomic E-state index is 5.95. The van der Waals surface area contributed by atoms with Crippen molar-refractivity contribution in [2.45, 2.75) is 76.8 Å². The number of hydrogen-bond acceptors (Lipinski definition) is 4. The Balaban J connectivity index is 2.05. The Hall–Kier alpha value is -0.160. The van der Waals surface area contributed by atoms with Gasteiger partial charge in [0.25, 0.3) is 0 Å². The van der Waals surface area contributed by atoms with Gasteiger partial charge in [0.15, 0.2) is 5.79 Å². The van der Waals surface area contributed by atoms with Gasteiger partial charge in [0.05, 0.1) is 13.2 Å². The molecule has 4 heteroatoms. The van der Waals surface area contributed by atoms with Gasteiger partial charge in [-0.3, -0.25) is 4.90 Å². The molecule has 1 aliphatic carbocycles. The summed E-state index contributed by atoms with van der Waals surface area (Å²) in [5, 5.41) is 3.67. The predicted molar refractivity (Wildman–Crippen MR) is 81.9 cm³/mol. The van der Waals surface area contributed by atoms with Gasteiger partial charge in [-0.25, -0.2) is 0 Å². The molecule has 4 nitrogen and oxygen atoms in total. The summed E-state index contributed by atoms with van der Waals surface area (Å²) in [6.45, 7) is 9.34. The van der Waals surface area contributed by atoms with Crippen LogP contribution >= 0.6 is 0 Å². The average molecular weight is 284 g/mol. The molecule has 1 N–H and O–H groups in total. The van der Waals surface area contributed by atoms with E-state index in [2.05, 4.69) is 38.0 Å². The summed E-state index contributed by atoms with van der Waals surface area (Å²) in [5.41, 5.74) is 0. The summed E-state index contributed by atoms with van der Waals surface area (Å²) in [7, 11) is 2.27. The highest BCUT2D eigenvalue weighted by molar-refractivity contribution is 4.96. The highest BCUT2D eigenvalue weighted by Gasteiger charge is 2.46. The second-order valence-electron chi connectivity index (χ2n) is 6.39. The lowest BCUT2D eigenvalue weighted by Gasteiger charge is -2.46. The van der Waals surface area contributed by atoms with Crippen LogP contribution in [0.4, 0.5) is 0 Å². The number of rotatable bonds is 6. The largest absolute Gasteiger partial charge is 0.347 e. The van der Waals surface area contributed by atoms with E-state index in [-0.39, 0.29) is 5.79 Å². The summed E-state index contributed by atoms with van der Waals surface area (Å²) < 4.78 is 11.9. The van der Waals surface area contributed by atoms with Gasteiger partial charge in [0, 0.05) is 31.0 Å². The van der Waals surface area contributed by atoms with Crippen LogP contribution in [0.25, 0.3) is 0 Å². The Labute approximate surface area is 124 Å². The lowest BCUT2D eigenvalue weighted by molar-refractivity contribution is -0.193. The fourth-order valence-electron chi connectivity index (χ4n) is 3.77. The fourth-order valence-corrected chi connectivity index (χ4v) is 3.77. The standard InChI is InChI=1S/C16H32N2O2/c1-5-7-13(3)18(4)15-12-16(19-10-11-20-16)9-8-14(15)17-6-2/h13-15,17H,5-12H2,1-4H3. The third kappa shape index (κ3) is 3.53. The Kier molecular flexibility index (Phi) is 5.84. The van der Waals surface area contributed by atoms with Crippen LogP contribution in [-0.4, -0.2) is 55.6 Å². The second-order valence-corrected chi connectivity index (χ2v) is 6.39. The first-order chi connectivity index (χ1) is 9.62. The Morgan fingerprint density at radius 1 is 1.30 bits per heavy atom. The van der Waals surface area contributed by atoms with Crippen molar-refractivity contribution in [2.24, 2.45) is 0 Å². The molecule has 0 aromatic rings. The molecule has 1 aliphatic heterocycles. The van der Waals surface area contributed by atoms with E-state index in [1.807, 2.05) is 0 Å². The first-order valence-corrected chi connectivity index (χ1v) is 8.35. The molecule has 1 spiro atoms. The van der Waals surface area contributed by atoms with Crippen LogP contribution in [0.3, 0.4) is 0 Å². The molecule has 2 fully saturated rings. The molecule has 1 heterocycles. The first kappa shape index (κ1) is 16.2. The normalized spacial score (nSPS) is 31.1. The monoisotopic (exact) mass is 284 g/mol. The Morgan fingerprint density at radius 2 is 2.00 bits per heavy atom.